The van der Waals surface area contributed by atoms with E-state index in [2.05, 4.69) is 15.3 Å². The summed E-state index contributed by atoms with van der Waals surface area (Å²) in [6, 6.07) is -0.254. The highest BCUT2D eigenvalue weighted by molar-refractivity contribution is 5.84. The van der Waals surface area contributed by atoms with E-state index >= 15 is 0 Å². The Morgan fingerprint density at radius 1 is 1.30 bits per heavy atom. The third-order valence-electron chi connectivity index (χ3n) is 3.92. The third-order valence-corrected chi connectivity index (χ3v) is 3.92. The van der Waals surface area contributed by atoms with Gasteiger partial charge in [-0.1, -0.05) is 0 Å². The number of rotatable bonds is 5. The molecule has 0 saturated carbocycles. The maximum atomic E-state index is 12.3. The lowest BCUT2D eigenvalue weighted by Crippen LogP contribution is -2.41. The van der Waals surface area contributed by atoms with Crippen molar-refractivity contribution in [2.75, 3.05) is 18.4 Å². The molecule has 5 heteroatoms. The van der Waals surface area contributed by atoms with E-state index in [9.17, 15) is 4.79 Å². The summed E-state index contributed by atoms with van der Waals surface area (Å²) in [7, 11) is 0. The summed E-state index contributed by atoms with van der Waals surface area (Å²) in [4.78, 5) is 22.8. The zero-order chi connectivity index (χ0) is 14.5. The molecule has 2 rings (SSSR count). The van der Waals surface area contributed by atoms with Crippen LogP contribution in [0.15, 0.2) is 6.33 Å². The molecular weight excluding hydrogens is 252 g/mol. The second kappa shape index (κ2) is 6.68. The predicted molar refractivity (Wildman–Crippen MR) is 79.7 cm³/mol. The lowest BCUT2D eigenvalue weighted by molar-refractivity contribution is -0.131. The minimum absolute atomic E-state index is 0.123. The number of amides is 1. The van der Waals surface area contributed by atoms with E-state index < -0.39 is 0 Å². The number of nitrogens with zero attached hydrogens (tertiary/aromatic N) is 3. The van der Waals surface area contributed by atoms with Gasteiger partial charge in [0.25, 0.3) is 0 Å². The molecule has 1 aromatic rings. The number of likely N-dealkylation sites (N-methyl/N-ethyl adjacent to an activating group) is 1. The Hall–Kier alpha value is -1.65. The minimum atomic E-state index is -0.254. The highest BCUT2D eigenvalue weighted by Gasteiger charge is 2.21. The molecule has 0 spiro atoms. The molecular formula is C15H24N4O. The van der Waals surface area contributed by atoms with Gasteiger partial charge in [0.1, 0.15) is 18.2 Å². The fraction of sp³-hybridized carbons (Fsp3) is 0.667. The molecule has 20 heavy (non-hydrogen) atoms. The molecule has 1 heterocycles. The third kappa shape index (κ3) is 3.08. The van der Waals surface area contributed by atoms with Crippen LogP contribution in [0.2, 0.25) is 0 Å². The molecule has 1 amide bonds. The predicted octanol–water partition coefficient (Wildman–Crippen LogP) is 2.02. The van der Waals surface area contributed by atoms with Gasteiger partial charge < -0.3 is 10.2 Å². The number of aromatic nitrogens is 2. The van der Waals surface area contributed by atoms with E-state index in [4.69, 9.17) is 0 Å². The van der Waals surface area contributed by atoms with E-state index in [0.29, 0.717) is 0 Å². The molecule has 5 nitrogen and oxygen atoms in total. The van der Waals surface area contributed by atoms with E-state index in [-0.39, 0.29) is 11.9 Å². The first-order valence-corrected chi connectivity index (χ1v) is 7.55. The first-order chi connectivity index (χ1) is 9.67. The van der Waals surface area contributed by atoms with Gasteiger partial charge in [-0.2, -0.15) is 0 Å². The van der Waals surface area contributed by atoms with Crippen molar-refractivity contribution in [1.29, 1.82) is 0 Å². The summed E-state index contributed by atoms with van der Waals surface area (Å²) in [6.45, 7) is 7.38. The molecule has 0 aromatic carbocycles. The van der Waals surface area contributed by atoms with Gasteiger partial charge in [-0.15, -0.1) is 0 Å². The summed E-state index contributed by atoms with van der Waals surface area (Å²) in [6.07, 6.45) is 5.99. The van der Waals surface area contributed by atoms with Crippen molar-refractivity contribution >= 4 is 11.7 Å². The van der Waals surface area contributed by atoms with Crippen molar-refractivity contribution in [2.24, 2.45) is 0 Å². The SMILES string of the molecule is CCN(CC)C(=O)C(C)Nc1ncnc2c1CCCC2. The number of hydrogen-bond acceptors (Lipinski definition) is 4. The highest BCUT2D eigenvalue weighted by atomic mass is 16.2. The Bertz CT molecular complexity index is 471. The maximum absolute atomic E-state index is 12.3. The number of carbonyl (C=O) groups excluding carboxylic acids is 1. The highest BCUT2D eigenvalue weighted by Crippen LogP contribution is 2.24. The molecule has 0 saturated heterocycles. The van der Waals surface area contributed by atoms with E-state index in [1.54, 1.807) is 6.33 Å². The summed E-state index contributed by atoms with van der Waals surface area (Å²) in [5, 5.41) is 3.28. The first kappa shape index (κ1) is 14.8. The fourth-order valence-corrected chi connectivity index (χ4v) is 2.72. The van der Waals surface area contributed by atoms with Gasteiger partial charge in [-0.25, -0.2) is 9.97 Å². The number of aryl methyl sites for hydroxylation is 1. The number of carbonyl (C=O) groups is 1. The van der Waals surface area contributed by atoms with Gasteiger partial charge >= 0.3 is 0 Å². The van der Waals surface area contributed by atoms with E-state index in [1.807, 2.05) is 25.7 Å². The van der Waals surface area contributed by atoms with Crippen molar-refractivity contribution in [3.05, 3.63) is 17.6 Å². The smallest absolute Gasteiger partial charge is 0.244 e. The van der Waals surface area contributed by atoms with Gasteiger partial charge in [0, 0.05) is 24.3 Å². The standard InChI is InChI=1S/C15H24N4O/c1-4-19(5-2)15(20)11(3)18-14-12-8-6-7-9-13(12)16-10-17-14/h10-11H,4-9H2,1-3H3,(H,16,17,18). The quantitative estimate of drug-likeness (QED) is 0.894. The summed E-state index contributed by atoms with van der Waals surface area (Å²) in [5.74, 6) is 0.959. The number of anilines is 1. The van der Waals surface area contributed by atoms with Gasteiger partial charge in [0.05, 0.1) is 0 Å². The van der Waals surface area contributed by atoms with Crippen LogP contribution in [0.4, 0.5) is 5.82 Å². The Kier molecular flexibility index (Phi) is 4.93. The second-order valence-corrected chi connectivity index (χ2v) is 5.23. The second-order valence-electron chi connectivity index (χ2n) is 5.23. The first-order valence-electron chi connectivity index (χ1n) is 7.55. The van der Waals surface area contributed by atoms with Crippen LogP contribution in [0.5, 0.6) is 0 Å². The monoisotopic (exact) mass is 276 g/mol. The molecule has 1 N–H and O–H groups in total. The zero-order valence-electron chi connectivity index (χ0n) is 12.6. The summed E-state index contributed by atoms with van der Waals surface area (Å²) < 4.78 is 0. The van der Waals surface area contributed by atoms with Crippen molar-refractivity contribution in [3.63, 3.8) is 0 Å². The number of hydrogen-bond donors (Lipinski definition) is 1. The van der Waals surface area contributed by atoms with E-state index in [1.165, 1.54) is 18.4 Å². The van der Waals surface area contributed by atoms with Crippen LogP contribution in [0.3, 0.4) is 0 Å². The Balaban J connectivity index is 2.12. The van der Waals surface area contributed by atoms with Crippen LogP contribution >= 0.6 is 0 Å². The normalized spacial score (nSPS) is 15.3. The zero-order valence-corrected chi connectivity index (χ0v) is 12.6. The van der Waals surface area contributed by atoms with Crippen molar-refractivity contribution in [3.8, 4) is 0 Å². The van der Waals surface area contributed by atoms with Crippen molar-refractivity contribution in [2.45, 2.75) is 52.5 Å². The van der Waals surface area contributed by atoms with Gasteiger partial charge in [0.2, 0.25) is 5.91 Å². The largest absolute Gasteiger partial charge is 0.358 e. The maximum Gasteiger partial charge on any atom is 0.244 e. The van der Waals surface area contributed by atoms with Gasteiger partial charge in [-0.05, 0) is 46.5 Å². The topological polar surface area (TPSA) is 58.1 Å². The fourth-order valence-electron chi connectivity index (χ4n) is 2.72. The Morgan fingerprint density at radius 3 is 2.70 bits per heavy atom. The van der Waals surface area contributed by atoms with Crippen LogP contribution in [0, 0.1) is 0 Å². The molecule has 110 valence electrons. The summed E-state index contributed by atoms with van der Waals surface area (Å²) in [5.41, 5.74) is 2.33. The van der Waals surface area contributed by atoms with Gasteiger partial charge in [0.15, 0.2) is 0 Å². The molecule has 0 aliphatic heterocycles. The Morgan fingerprint density at radius 2 is 2.00 bits per heavy atom. The lowest BCUT2D eigenvalue weighted by atomic mass is 9.96. The van der Waals surface area contributed by atoms with Crippen LogP contribution in [0.1, 0.15) is 44.9 Å². The van der Waals surface area contributed by atoms with Crippen LogP contribution in [-0.2, 0) is 17.6 Å². The van der Waals surface area contributed by atoms with Gasteiger partial charge in [-0.3, -0.25) is 4.79 Å². The molecule has 1 aromatic heterocycles. The van der Waals surface area contributed by atoms with E-state index in [0.717, 1.165) is 37.4 Å². The molecule has 0 fully saturated rings. The molecule has 1 atom stereocenters. The molecule has 1 aliphatic rings. The van der Waals surface area contributed by atoms with Crippen LogP contribution in [0.25, 0.3) is 0 Å². The number of fused-ring (bicyclic) bond motifs is 1. The number of nitrogens with one attached hydrogen (secondary N) is 1. The molecule has 0 radical (unpaired) electrons. The summed E-state index contributed by atoms with van der Waals surface area (Å²) >= 11 is 0. The average molecular weight is 276 g/mol. The van der Waals surface area contributed by atoms with Crippen LogP contribution in [-0.4, -0.2) is 39.9 Å². The Labute approximate surface area is 120 Å². The molecule has 1 aliphatic carbocycles. The van der Waals surface area contributed by atoms with Crippen molar-refractivity contribution < 1.29 is 4.79 Å². The van der Waals surface area contributed by atoms with Crippen molar-refractivity contribution in [1.82, 2.24) is 14.9 Å². The lowest BCUT2D eigenvalue weighted by Gasteiger charge is -2.25. The molecule has 1 unspecified atom stereocenters. The minimum Gasteiger partial charge on any atom is -0.358 e. The van der Waals surface area contributed by atoms with Crippen LogP contribution < -0.4 is 5.32 Å². The molecule has 0 bridgehead atoms. The average Bonchev–Trinajstić information content (AvgIpc) is 2.48.